The Morgan fingerprint density at radius 3 is 2.33 bits per heavy atom. The highest BCUT2D eigenvalue weighted by atomic mass is 16.4. The maximum absolute atomic E-state index is 12.3. The molecule has 1 aliphatic heterocycles. The summed E-state index contributed by atoms with van der Waals surface area (Å²) < 4.78 is 0. The molecule has 1 heterocycles. The molecule has 2 fully saturated rings. The summed E-state index contributed by atoms with van der Waals surface area (Å²) in [6.07, 6.45) is 5.28. The molecule has 1 saturated heterocycles. The number of amides is 2. The molecule has 5 heteroatoms. The molecule has 0 radical (unpaired) electrons. The van der Waals surface area contributed by atoms with Crippen LogP contribution in [0.4, 0.5) is 4.79 Å². The van der Waals surface area contributed by atoms with Crippen LogP contribution in [0.2, 0.25) is 0 Å². The van der Waals surface area contributed by atoms with Crippen LogP contribution in [0.3, 0.4) is 0 Å². The van der Waals surface area contributed by atoms with Gasteiger partial charge in [-0.05, 0) is 37.0 Å². The summed E-state index contributed by atoms with van der Waals surface area (Å²) in [6.45, 7) is 7.61. The number of hydrogen-bond acceptors (Lipinski definition) is 2. The van der Waals surface area contributed by atoms with Gasteiger partial charge in [-0.15, -0.1) is 0 Å². The van der Waals surface area contributed by atoms with Gasteiger partial charge in [0.2, 0.25) is 0 Å². The molecular formula is C16H28N2O3. The van der Waals surface area contributed by atoms with E-state index in [0.29, 0.717) is 19.5 Å². The molecule has 120 valence electrons. The summed E-state index contributed by atoms with van der Waals surface area (Å²) in [7, 11) is 0. The zero-order valence-corrected chi connectivity index (χ0v) is 13.4. The number of carbonyl (C=O) groups is 2. The first-order chi connectivity index (χ1) is 9.85. The lowest BCUT2D eigenvalue weighted by Crippen LogP contribution is -2.48. The van der Waals surface area contributed by atoms with Crippen LogP contribution in [0.15, 0.2) is 0 Å². The van der Waals surface area contributed by atoms with Crippen molar-refractivity contribution in [2.45, 2.75) is 52.9 Å². The van der Waals surface area contributed by atoms with Crippen molar-refractivity contribution in [3.8, 4) is 0 Å². The van der Waals surface area contributed by atoms with Crippen LogP contribution in [-0.4, -0.2) is 41.6 Å². The lowest BCUT2D eigenvalue weighted by atomic mass is 9.67. The van der Waals surface area contributed by atoms with Crippen molar-refractivity contribution in [1.29, 1.82) is 0 Å². The largest absolute Gasteiger partial charge is 0.481 e. The minimum atomic E-state index is -0.781. The molecule has 1 aliphatic carbocycles. The van der Waals surface area contributed by atoms with E-state index >= 15 is 0 Å². The summed E-state index contributed by atoms with van der Waals surface area (Å²) in [4.78, 5) is 25.6. The number of carbonyl (C=O) groups excluding carboxylic acids is 1. The fraction of sp³-hybridized carbons (Fsp3) is 0.875. The van der Waals surface area contributed by atoms with Crippen molar-refractivity contribution < 1.29 is 14.7 Å². The molecule has 5 nitrogen and oxygen atoms in total. The van der Waals surface area contributed by atoms with E-state index in [0.717, 1.165) is 13.0 Å². The SMILES string of the molecule is CCC1(CNC(=O)N2CCC(C(=O)O)(C(C)C)C2)CCC1. The van der Waals surface area contributed by atoms with Gasteiger partial charge in [0.1, 0.15) is 0 Å². The van der Waals surface area contributed by atoms with Crippen molar-refractivity contribution in [2.75, 3.05) is 19.6 Å². The Bertz CT molecular complexity index is 412. The van der Waals surface area contributed by atoms with Gasteiger partial charge in [-0.3, -0.25) is 4.79 Å². The molecule has 2 amide bonds. The second-order valence-corrected chi connectivity index (χ2v) is 7.15. The van der Waals surface area contributed by atoms with Gasteiger partial charge in [-0.1, -0.05) is 27.2 Å². The number of hydrogen-bond donors (Lipinski definition) is 2. The van der Waals surface area contributed by atoms with E-state index in [2.05, 4.69) is 12.2 Å². The van der Waals surface area contributed by atoms with E-state index in [4.69, 9.17) is 0 Å². The van der Waals surface area contributed by atoms with E-state index in [1.54, 1.807) is 4.90 Å². The van der Waals surface area contributed by atoms with Crippen LogP contribution in [0.25, 0.3) is 0 Å². The van der Waals surface area contributed by atoms with Crippen molar-refractivity contribution in [3.63, 3.8) is 0 Å². The Morgan fingerprint density at radius 2 is 1.95 bits per heavy atom. The number of carboxylic acids is 1. The summed E-state index contributed by atoms with van der Waals surface area (Å²) in [5.41, 5.74) is -0.492. The van der Waals surface area contributed by atoms with Crippen LogP contribution in [0, 0.1) is 16.7 Å². The van der Waals surface area contributed by atoms with Crippen LogP contribution in [-0.2, 0) is 4.79 Å². The molecule has 2 aliphatic rings. The topological polar surface area (TPSA) is 69.6 Å². The zero-order chi connectivity index (χ0) is 15.7. The van der Waals surface area contributed by atoms with Crippen LogP contribution >= 0.6 is 0 Å². The second-order valence-electron chi connectivity index (χ2n) is 7.15. The van der Waals surface area contributed by atoms with Gasteiger partial charge in [0.25, 0.3) is 0 Å². The third-order valence-corrected chi connectivity index (χ3v) is 5.90. The van der Waals surface area contributed by atoms with Crippen molar-refractivity contribution >= 4 is 12.0 Å². The Labute approximate surface area is 127 Å². The molecule has 0 aromatic carbocycles. The average Bonchev–Trinajstić information content (AvgIpc) is 2.84. The van der Waals surface area contributed by atoms with E-state index in [-0.39, 0.29) is 17.4 Å². The molecule has 1 saturated carbocycles. The molecular weight excluding hydrogens is 268 g/mol. The fourth-order valence-corrected chi connectivity index (χ4v) is 3.61. The first kappa shape index (κ1) is 16.1. The number of aliphatic carboxylic acids is 1. The van der Waals surface area contributed by atoms with Gasteiger partial charge >= 0.3 is 12.0 Å². The number of carboxylic acid groups (broad SMARTS) is 1. The smallest absolute Gasteiger partial charge is 0.317 e. The predicted molar refractivity (Wildman–Crippen MR) is 81.1 cm³/mol. The molecule has 0 aromatic rings. The van der Waals surface area contributed by atoms with Crippen molar-refractivity contribution in [3.05, 3.63) is 0 Å². The van der Waals surface area contributed by atoms with Gasteiger partial charge < -0.3 is 15.3 Å². The summed E-state index contributed by atoms with van der Waals surface area (Å²) in [6, 6.07) is -0.0986. The number of urea groups is 1. The van der Waals surface area contributed by atoms with Gasteiger partial charge in [0.05, 0.1) is 5.41 Å². The quantitative estimate of drug-likeness (QED) is 0.819. The number of rotatable bonds is 5. The van der Waals surface area contributed by atoms with E-state index < -0.39 is 11.4 Å². The predicted octanol–water partition coefficient (Wildman–Crippen LogP) is 2.71. The summed E-state index contributed by atoms with van der Waals surface area (Å²) >= 11 is 0. The third kappa shape index (κ3) is 2.87. The minimum Gasteiger partial charge on any atom is -0.481 e. The summed E-state index contributed by atoms with van der Waals surface area (Å²) in [5, 5.41) is 12.5. The summed E-state index contributed by atoms with van der Waals surface area (Å²) in [5.74, 6) is -0.752. The first-order valence-electron chi connectivity index (χ1n) is 8.11. The Hall–Kier alpha value is -1.26. The molecule has 2 rings (SSSR count). The van der Waals surface area contributed by atoms with Crippen LogP contribution in [0.1, 0.15) is 52.9 Å². The van der Waals surface area contributed by atoms with Crippen molar-refractivity contribution in [2.24, 2.45) is 16.7 Å². The van der Waals surface area contributed by atoms with Gasteiger partial charge in [0.15, 0.2) is 0 Å². The highest BCUT2D eigenvalue weighted by Gasteiger charge is 2.48. The molecule has 2 N–H and O–H groups in total. The molecule has 0 aromatic heterocycles. The van der Waals surface area contributed by atoms with Gasteiger partial charge in [-0.2, -0.15) is 0 Å². The highest BCUT2D eigenvalue weighted by molar-refractivity contribution is 5.80. The normalized spacial score (nSPS) is 27.5. The minimum absolute atomic E-state index is 0.0291. The van der Waals surface area contributed by atoms with E-state index in [1.165, 1.54) is 19.3 Å². The van der Waals surface area contributed by atoms with Crippen molar-refractivity contribution in [1.82, 2.24) is 10.2 Å². The Morgan fingerprint density at radius 1 is 1.29 bits per heavy atom. The standard InChI is InChI=1S/C16H28N2O3/c1-4-15(6-5-7-15)10-17-14(21)18-9-8-16(11-18,12(2)3)13(19)20/h12H,4-11H2,1-3H3,(H,17,21)(H,19,20). The van der Waals surface area contributed by atoms with E-state index in [9.17, 15) is 14.7 Å². The number of likely N-dealkylation sites (tertiary alicyclic amines) is 1. The number of nitrogens with zero attached hydrogens (tertiary/aromatic N) is 1. The highest BCUT2D eigenvalue weighted by Crippen LogP contribution is 2.43. The Balaban J connectivity index is 1.91. The van der Waals surface area contributed by atoms with Gasteiger partial charge in [0, 0.05) is 19.6 Å². The van der Waals surface area contributed by atoms with Gasteiger partial charge in [-0.25, -0.2) is 4.79 Å². The number of nitrogens with one attached hydrogen (secondary N) is 1. The average molecular weight is 296 g/mol. The van der Waals surface area contributed by atoms with E-state index in [1.807, 2.05) is 13.8 Å². The fourth-order valence-electron chi connectivity index (χ4n) is 3.61. The zero-order valence-electron chi connectivity index (χ0n) is 13.4. The van der Waals surface area contributed by atoms with Crippen LogP contribution < -0.4 is 5.32 Å². The monoisotopic (exact) mass is 296 g/mol. The maximum Gasteiger partial charge on any atom is 0.317 e. The Kier molecular flexibility index (Phi) is 4.49. The van der Waals surface area contributed by atoms with Crippen LogP contribution in [0.5, 0.6) is 0 Å². The maximum atomic E-state index is 12.3. The second kappa shape index (κ2) is 5.85. The molecule has 0 spiro atoms. The molecule has 1 atom stereocenters. The molecule has 0 bridgehead atoms. The lowest BCUT2D eigenvalue weighted by molar-refractivity contribution is -0.150. The molecule has 21 heavy (non-hydrogen) atoms. The first-order valence-corrected chi connectivity index (χ1v) is 8.11. The lowest BCUT2D eigenvalue weighted by Gasteiger charge is -2.41. The third-order valence-electron chi connectivity index (χ3n) is 5.90. The molecule has 1 unspecified atom stereocenters.